The molecule has 3 rings (SSSR count). The van der Waals surface area contributed by atoms with Crippen LogP contribution in [0.2, 0.25) is 0 Å². The zero-order chi connectivity index (χ0) is 18.0. The number of amides is 2. The maximum atomic E-state index is 12.8. The first kappa shape index (κ1) is 20.3. The van der Waals surface area contributed by atoms with Crippen molar-refractivity contribution >= 4 is 29.9 Å². The molecule has 0 bridgehead atoms. The van der Waals surface area contributed by atoms with Crippen LogP contribution in [0.3, 0.4) is 0 Å². The van der Waals surface area contributed by atoms with Crippen molar-refractivity contribution in [2.45, 2.75) is 18.9 Å². The fourth-order valence-corrected chi connectivity index (χ4v) is 3.51. The number of nitrogens with one attached hydrogen (secondary N) is 1. The van der Waals surface area contributed by atoms with Crippen LogP contribution in [0, 0.1) is 5.92 Å². The lowest BCUT2D eigenvalue weighted by Gasteiger charge is -2.26. The maximum Gasteiger partial charge on any atom is 0.228 e. The van der Waals surface area contributed by atoms with E-state index in [0.717, 1.165) is 19.5 Å². The van der Waals surface area contributed by atoms with Gasteiger partial charge in [0.15, 0.2) is 0 Å². The smallest absolute Gasteiger partial charge is 0.228 e. The Morgan fingerprint density at radius 1 is 1.23 bits per heavy atom. The first-order chi connectivity index (χ1) is 12.0. The topological polar surface area (TPSA) is 71.1 Å². The van der Waals surface area contributed by atoms with Crippen molar-refractivity contribution in [2.75, 3.05) is 45.8 Å². The van der Waals surface area contributed by atoms with Crippen LogP contribution in [0.25, 0.3) is 0 Å². The summed E-state index contributed by atoms with van der Waals surface area (Å²) in [6.07, 6.45) is 1.20. The minimum absolute atomic E-state index is 0. The molecule has 2 aliphatic rings. The van der Waals surface area contributed by atoms with Gasteiger partial charge in [0, 0.05) is 50.8 Å². The Hall–Kier alpha value is -1.99. The monoisotopic (exact) mass is 383 g/mol. The molecule has 26 heavy (non-hydrogen) atoms. The van der Waals surface area contributed by atoms with Crippen molar-refractivity contribution in [3.8, 4) is 11.5 Å². The molecule has 2 heterocycles. The first-order valence-electron chi connectivity index (χ1n) is 8.54. The number of hydrogen-bond acceptors (Lipinski definition) is 5. The number of halogens is 1. The molecule has 2 fully saturated rings. The van der Waals surface area contributed by atoms with Crippen molar-refractivity contribution in [1.82, 2.24) is 10.2 Å². The van der Waals surface area contributed by atoms with Crippen LogP contribution in [0.15, 0.2) is 18.2 Å². The fourth-order valence-electron chi connectivity index (χ4n) is 3.51. The molecule has 0 spiro atoms. The van der Waals surface area contributed by atoms with Crippen LogP contribution >= 0.6 is 12.4 Å². The van der Waals surface area contributed by atoms with E-state index in [1.165, 1.54) is 0 Å². The quantitative estimate of drug-likeness (QED) is 0.829. The van der Waals surface area contributed by atoms with Gasteiger partial charge in [-0.05, 0) is 13.0 Å². The molecule has 7 nitrogen and oxygen atoms in total. The molecule has 0 aliphatic carbocycles. The van der Waals surface area contributed by atoms with Crippen molar-refractivity contribution < 1.29 is 19.1 Å². The highest BCUT2D eigenvalue weighted by Gasteiger charge is 2.38. The average molecular weight is 384 g/mol. The Morgan fingerprint density at radius 3 is 2.42 bits per heavy atom. The summed E-state index contributed by atoms with van der Waals surface area (Å²) in [6.45, 7) is 2.14. The molecular formula is C18H26ClN3O4. The van der Waals surface area contributed by atoms with Crippen molar-refractivity contribution in [3.63, 3.8) is 0 Å². The van der Waals surface area contributed by atoms with E-state index in [0.29, 0.717) is 23.7 Å². The van der Waals surface area contributed by atoms with Crippen molar-refractivity contribution in [1.29, 1.82) is 0 Å². The van der Waals surface area contributed by atoms with E-state index in [9.17, 15) is 9.59 Å². The SMILES string of the molecule is COc1cc(OC)cc(N2CC(C(=O)N(C)C3CCNC3)CC2=O)c1.Cl. The van der Waals surface area contributed by atoms with Crippen LogP contribution in [0.1, 0.15) is 12.8 Å². The number of benzene rings is 1. The van der Waals surface area contributed by atoms with Crippen LogP contribution in [-0.2, 0) is 9.59 Å². The van der Waals surface area contributed by atoms with E-state index in [4.69, 9.17) is 9.47 Å². The summed E-state index contributed by atoms with van der Waals surface area (Å²) in [5.41, 5.74) is 0.696. The summed E-state index contributed by atoms with van der Waals surface area (Å²) in [6, 6.07) is 5.55. The van der Waals surface area contributed by atoms with Gasteiger partial charge in [0.2, 0.25) is 11.8 Å². The number of nitrogens with zero attached hydrogens (tertiary/aromatic N) is 2. The number of anilines is 1. The Labute approximate surface area is 160 Å². The molecule has 2 unspecified atom stereocenters. The van der Waals surface area contributed by atoms with Gasteiger partial charge in [-0.2, -0.15) is 0 Å². The highest BCUT2D eigenvalue weighted by Crippen LogP contribution is 2.33. The molecular weight excluding hydrogens is 358 g/mol. The lowest BCUT2D eigenvalue weighted by molar-refractivity contribution is -0.136. The second-order valence-electron chi connectivity index (χ2n) is 6.57. The normalized spacial score (nSPS) is 22.1. The van der Waals surface area contributed by atoms with E-state index in [1.54, 1.807) is 42.2 Å². The zero-order valence-electron chi connectivity index (χ0n) is 15.4. The second-order valence-corrected chi connectivity index (χ2v) is 6.57. The summed E-state index contributed by atoms with van der Waals surface area (Å²) in [5, 5.41) is 3.27. The van der Waals surface area contributed by atoms with Gasteiger partial charge < -0.3 is 24.6 Å². The zero-order valence-corrected chi connectivity index (χ0v) is 16.2. The van der Waals surface area contributed by atoms with E-state index < -0.39 is 0 Å². The van der Waals surface area contributed by atoms with Crippen LogP contribution in [-0.4, -0.2) is 63.7 Å². The van der Waals surface area contributed by atoms with Gasteiger partial charge in [-0.1, -0.05) is 0 Å². The Balaban J connectivity index is 0.00000243. The summed E-state index contributed by atoms with van der Waals surface area (Å²) in [4.78, 5) is 28.7. The molecule has 0 aromatic heterocycles. The molecule has 1 aromatic rings. The van der Waals surface area contributed by atoms with Gasteiger partial charge in [0.1, 0.15) is 11.5 Å². The number of methoxy groups -OCH3 is 2. The maximum absolute atomic E-state index is 12.8. The molecule has 2 aliphatic heterocycles. The summed E-state index contributed by atoms with van der Waals surface area (Å²) in [7, 11) is 4.98. The number of likely N-dealkylation sites (N-methyl/N-ethyl adjacent to an activating group) is 1. The van der Waals surface area contributed by atoms with Crippen LogP contribution in [0.4, 0.5) is 5.69 Å². The van der Waals surface area contributed by atoms with E-state index >= 15 is 0 Å². The predicted molar refractivity (Wildman–Crippen MR) is 101 cm³/mol. The summed E-state index contributed by atoms with van der Waals surface area (Å²) in [5.74, 6) is 0.915. The van der Waals surface area contributed by atoms with Gasteiger partial charge in [-0.15, -0.1) is 12.4 Å². The van der Waals surface area contributed by atoms with Crippen LogP contribution < -0.4 is 19.7 Å². The molecule has 2 atom stereocenters. The fraction of sp³-hybridized carbons (Fsp3) is 0.556. The minimum Gasteiger partial charge on any atom is -0.497 e. The molecule has 2 saturated heterocycles. The molecule has 144 valence electrons. The summed E-state index contributed by atoms with van der Waals surface area (Å²) < 4.78 is 10.5. The van der Waals surface area contributed by atoms with Gasteiger partial charge >= 0.3 is 0 Å². The number of carbonyl (C=O) groups excluding carboxylic acids is 2. The highest BCUT2D eigenvalue weighted by molar-refractivity contribution is 6.00. The largest absolute Gasteiger partial charge is 0.497 e. The number of hydrogen-bond donors (Lipinski definition) is 1. The van der Waals surface area contributed by atoms with E-state index in [1.807, 2.05) is 7.05 Å². The molecule has 1 N–H and O–H groups in total. The standard InChI is InChI=1S/C18H25N3O4.ClH/c1-20(13-4-5-19-10-13)18(23)12-6-17(22)21(11-12)14-7-15(24-2)9-16(8-14)25-3;/h7-9,12-13,19H,4-6,10-11H2,1-3H3;1H. The number of rotatable bonds is 5. The molecule has 0 saturated carbocycles. The first-order valence-corrected chi connectivity index (χ1v) is 8.54. The van der Waals surface area contributed by atoms with Gasteiger partial charge in [-0.25, -0.2) is 0 Å². The van der Waals surface area contributed by atoms with Gasteiger partial charge in [0.25, 0.3) is 0 Å². The van der Waals surface area contributed by atoms with Gasteiger partial charge in [0.05, 0.1) is 25.8 Å². The van der Waals surface area contributed by atoms with Crippen LogP contribution in [0.5, 0.6) is 11.5 Å². The minimum atomic E-state index is -0.310. The third-order valence-electron chi connectivity index (χ3n) is 5.05. The van der Waals surface area contributed by atoms with E-state index in [-0.39, 0.29) is 42.6 Å². The predicted octanol–water partition coefficient (Wildman–Crippen LogP) is 1.30. The molecule has 8 heteroatoms. The Morgan fingerprint density at radius 2 is 1.88 bits per heavy atom. The third-order valence-corrected chi connectivity index (χ3v) is 5.05. The molecule has 1 aromatic carbocycles. The van der Waals surface area contributed by atoms with E-state index in [2.05, 4.69) is 5.32 Å². The van der Waals surface area contributed by atoms with Gasteiger partial charge in [-0.3, -0.25) is 9.59 Å². The van der Waals surface area contributed by atoms with Crippen molar-refractivity contribution in [2.24, 2.45) is 5.92 Å². The number of ether oxygens (including phenoxy) is 2. The highest BCUT2D eigenvalue weighted by atomic mass is 35.5. The lowest BCUT2D eigenvalue weighted by Crippen LogP contribution is -2.42. The Kier molecular flexibility index (Phi) is 6.72. The molecule has 2 amide bonds. The third kappa shape index (κ3) is 4.04. The lowest BCUT2D eigenvalue weighted by atomic mass is 10.1. The summed E-state index contributed by atoms with van der Waals surface area (Å²) >= 11 is 0. The Bertz CT molecular complexity index is 642. The second kappa shape index (κ2) is 8.60. The number of carbonyl (C=O) groups is 2. The average Bonchev–Trinajstić information content (AvgIpc) is 3.29. The molecule has 0 radical (unpaired) electrons. The van der Waals surface area contributed by atoms with Crippen molar-refractivity contribution in [3.05, 3.63) is 18.2 Å².